The van der Waals surface area contributed by atoms with E-state index in [1.54, 1.807) is 17.0 Å². The summed E-state index contributed by atoms with van der Waals surface area (Å²) in [6.45, 7) is 6.63. The van der Waals surface area contributed by atoms with E-state index in [0.29, 0.717) is 18.8 Å². The van der Waals surface area contributed by atoms with Crippen LogP contribution in [0.25, 0.3) is 0 Å². The minimum Gasteiger partial charge on any atom is -0.490 e. The molecule has 1 fully saturated rings. The standard InChI is InChI=1S/C16H23N3O5/c1-16(2,3)24-15(20)18-8-7-12(10-18)17-11-5-6-13(19(21)22)14(9-11)23-4/h5-6,9,12,17H,7-8,10H2,1-4H3. The van der Waals surface area contributed by atoms with E-state index >= 15 is 0 Å². The summed E-state index contributed by atoms with van der Waals surface area (Å²) in [5.74, 6) is 0.201. The number of carbonyl (C=O) groups excluding carboxylic acids is 1. The van der Waals surface area contributed by atoms with Crippen molar-refractivity contribution in [1.29, 1.82) is 0 Å². The smallest absolute Gasteiger partial charge is 0.410 e. The lowest BCUT2D eigenvalue weighted by Crippen LogP contribution is -2.36. The van der Waals surface area contributed by atoms with Gasteiger partial charge in [0.15, 0.2) is 5.75 Å². The molecule has 2 rings (SSSR count). The lowest BCUT2D eigenvalue weighted by Gasteiger charge is -2.24. The van der Waals surface area contributed by atoms with Crippen LogP contribution < -0.4 is 10.1 Å². The van der Waals surface area contributed by atoms with Crippen LogP contribution in [0.15, 0.2) is 18.2 Å². The number of nitro groups is 1. The molecule has 1 aromatic carbocycles. The summed E-state index contributed by atoms with van der Waals surface area (Å²) in [6, 6.07) is 4.69. The molecule has 0 saturated carbocycles. The molecule has 1 amide bonds. The van der Waals surface area contributed by atoms with E-state index in [2.05, 4.69) is 5.32 Å². The third-order valence-electron chi connectivity index (χ3n) is 3.59. The van der Waals surface area contributed by atoms with E-state index in [4.69, 9.17) is 9.47 Å². The van der Waals surface area contributed by atoms with Gasteiger partial charge in [0.05, 0.1) is 12.0 Å². The van der Waals surface area contributed by atoms with E-state index in [1.165, 1.54) is 13.2 Å². The van der Waals surface area contributed by atoms with E-state index in [-0.39, 0.29) is 23.6 Å². The van der Waals surface area contributed by atoms with Crippen LogP contribution in [0.5, 0.6) is 5.75 Å². The molecule has 8 nitrogen and oxygen atoms in total. The van der Waals surface area contributed by atoms with Crippen molar-refractivity contribution in [1.82, 2.24) is 4.90 Å². The van der Waals surface area contributed by atoms with Crippen molar-refractivity contribution in [2.24, 2.45) is 0 Å². The molecule has 1 aliphatic rings. The van der Waals surface area contributed by atoms with Crippen molar-refractivity contribution in [3.63, 3.8) is 0 Å². The molecular formula is C16H23N3O5. The first-order chi connectivity index (χ1) is 11.2. The number of amides is 1. The summed E-state index contributed by atoms with van der Waals surface area (Å²) in [6.07, 6.45) is 0.450. The maximum absolute atomic E-state index is 12.1. The number of carbonyl (C=O) groups is 1. The number of hydrogen-bond donors (Lipinski definition) is 1. The summed E-state index contributed by atoms with van der Waals surface area (Å²) < 4.78 is 10.4. The van der Waals surface area contributed by atoms with Gasteiger partial charge in [-0.3, -0.25) is 10.1 Å². The Hall–Kier alpha value is -2.51. The van der Waals surface area contributed by atoms with Crippen LogP contribution in [-0.4, -0.2) is 47.8 Å². The molecule has 132 valence electrons. The average Bonchev–Trinajstić information content (AvgIpc) is 2.93. The number of nitrogens with one attached hydrogen (secondary N) is 1. The second-order valence-electron chi connectivity index (χ2n) is 6.70. The minimum atomic E-state index is -0.520. The third-order valence-corrected chi connectivity index (χ3v) is 3.59. The van der Waals surface area contributed by atoms with Gasteiger partial charge in [0, 0.05) is 37.0 Å². The second-order valence-corrected chi connectivity index (χ2v) is 6.70. The molecule has 0 spiro atoms. The molecule has 24 heavy (non-hydrogen) atoms. The van der Waals surface area contributed by atoms with Crippen LogP contribution in [0, 0.1) is 10.1 Å². The van der Waals surface area contributed by atoms with Gasteiger partial charge in [-0.05, 0) is 33.3 Å². The summed E-state index contributed by atoms with van der Waals surface area (Å²) >= 11 is 0. The predicted octanol–water partition coefficient (Wildman–Crippen LogP) is 3.02. The molecule has 1 heterocycles. The van der Waals surface area contributed by atoms with Gasteiger partial charge in [0.1, 0.15) is 5.60 Å². The fourth-order valence-corrected chi connectivity index (χ4v) is 2.52. The molecule has 1 atom stereocenters. The highest BCUT2D eigenvalue weighted by atomic mass is 16.6. The molecule has 0 aromatic heterocycles. The number of nitrogens with zero attached hydrogens (tertiary/aromatic N) is 2. The molecule has 0 bridgehead atoms. The van der Waals surface area contributed by atoms with Gasteiger partial charge >= 0.3 is 11.8 Å². The van der Waals surface area contributed by atoms with Crippen molar-refractivity contribution < 1.29 is 19.2 Å². The highest BCUT2D eigenvalue weighted by molar-refractivity contribution is 5.69. The number of ether oxygens (including phenoxy) is 2. The lowest BCUT2D eigenvalue weighted by molar-refractivity contribution is -0.385. The maximum atomic E-state index is 12.1. The number of anilines is 1. The predicted molar refractivity (Wildman–Crippen MR) is 89.5 cm³/mol. The number of hydrogen-bond acceptors (Lipinski definition) is 6. The Balaban J connectivity index is 1.98. The first kappa shape index (κ1) is 17.8. The van der Waals surface area contributed by atoms with Gasteiger partial charge in [0.2, 0.25) is 0 Å². The van der Waals surface area contributed by atoms with E-state index in [1.807, 2.05) is 20.8 Å². The molecule has 8 heteroatoms. The summed E-state index contributed by atoms with van der Waals surface area (Å²) in [4.78, 5) is 24.2. The molecule has 1 saturated heterocycles. The van der Waals surface area contributed by atoms with Gasteiger partial charge in [-0.1, -0.05) is 0 Å². The lowest BCUT2D eigenvalue weighted by atomic mass is 10.2. The summed E-state index contributed by atoms with van der Waals surface area (Å²) in [5.41, 5.74) is 0.118. The van der Waals surface area contributed by atoms with Gasteiger partial charge < -0.3 is 19.7 Å². The van der Waals surface area contributed by atoms with Crippen molar-refractivity contribution >= 4 is 17.5 Å². The van der Waals surface area contributed by atoms with E-state index in [0.717, 1.165) is 6.42 Å². The van der Waals surface area contributed by atoms with Crippen molar-refractivity contribution in [2.75, 3.05) is 25.5 Å². The molecule has 1 aromatic rings. The Kier molecular flexibility index (Phi) is 5.16. The van der Waals surface area contributed by atoms with Crippen LogP contribution in [0.2, 0.25) is 0 Å². The largest absolute Gasteiger partial charge is 0.490 e. The number of rotatable bonds is 4. The first-order valence-corrected chi connectivity index (χ1v) is 7.76. The first-order valence-electron chi connectivity index (χ1n) is 7.76. The SMILES string of the molecule is COc1cc(NC2CCN(C(=O)OC(C)(C)C)C2)ccc1[N+](=O)[O-]. The zero-order chi connectivity index (χ0) is 17.9. The van der Waals surface area contributed by atoms with Gasteiger partial charge in [-0.2, -0.15) is 0 Å². The van der Waals surface area contributed by atoms with E-state index < -0.39 is 10.5 Å². The normalized spacial score (nSPS) is 17.5. The quantitative estimate of drug-likeness (QED) is 0.670. The van der Waals surface area contributed by atoms with Crippen molar-refractivity contribution in [3.05, 3.63) is 28.3 Å². The fraction of sp³-hybridized carbons (Fsp3) is 0.562. The van der Waals surface area contributed by atoms with Gasteiger partial charge in [-0.15, -0.1) is 0 Å². The summed E-state index contributed by atoms with van der Waals surface area (Å²) in [7, 11) is 1.39. The Morgan fingerprint density at radius 3 is 2.71 bits per heavy atom. The van der Waals surface area contributed by atoms with Crippen molar-refractivity contribution in [3.8, 4) is 5.75 Å². The Morgan fingerprint density at radius 2 is 2.12 bits per heavy atom. The van der Waals surface area contributed by atoms with Gasteiger partial charge in [0.25, 0.3) is 0 Å². The molecular weight excluding hydrogens is 314 g/mol. The van der Waals surface area contributed by atoms with Crippen LogP contribution in [0.1, 0.15) is 27.2 Å². The number of likely N-dealkylation sites (tertiary alicyclic amines) is 1. The number of benzene rings is 1. The second kappa shape index (κ2) is 6.94. The number of methoxy groups -OCH3 is 1. The Morgan fingerprint density at radius 1 is 1.42 bits per heavy atom. The molecule has 1 N–H and O–H groups in total. The summed E-state index contributed by atoms with van der Waals surface area (Å²) in [5, 5.41) is 14.2. The van der Waals surface area contributed by atoms with Crippen LogP contribution >= 0.6 is 0 Å². The highest BCUT2D eigenvalue weighted by Gasteiger charge is 2.30. The molecule has 1 unspecified atom stereocenters. The Labute approximate surface area is 140 Å². The third kappa shape index (κ3) is 4.50. The monoisotopic (exact) mass is 337 g/mol. The van der Waals surface area contributed by atoms with Crippen LogP contribution in [-0.2, 0) is 4.74 Å². The minimum absolute atomic E-state index is 0.0590. The van der Waals surface area contributed by atoms with Crippen LogP contribution in [0.3, 0.4) is 0 Å². The highest BCUT2D eigenvalue weighted by Crippen LogP contribution is 2.30. The molecule has 1 aliphatic heterocycles. The van der Waals surface area contributed by atoms with Crippen LogP contribution in [0.4, 0.5) is 16.2 Å². The fourth-order valence-electron chi connectivity index (χ4n) is 2.52. The zero-order valence-electron chi connectivity index (χ0n) is 14.4. The van der Waals surface area contributed by atoms with Gasteiger partial charge in [-0.25, -0.2) is 4.79 Å². The number of nitro benzene ring substituents is 1. The maximum Gasteiger partial charge on any atom is 0.410 e. The zero-order valence-corrected chi connectivity index (χ0v) is 14.4. The van der Waals surface area contributed by atoms with Crippen molar-refractivity contribution in [2.45, 2.75) is 38.8 Å². The average molecular weight is 337 g/mol. The topological polar surface area (TPSA) is 93.9 Å². The molecule has 0 aliphatic carbocycles. The van der Waals surface area contributed by atoms with E-state index in [9.17, 15) is 14.9 Å². The Bertz CT molecular complexity index is 627. The molecule has 0 radical (unpaired) electrons.